The molecular formula is C15H11ClF6N2O4S. The lowest BCUT2D eigenvalue weighted by Gasteiger charge is -2.16. The zero-order valence-electron chi connectivity index (χ0n) is 14.0. The maximum Gasteiger partial charge on any atom is 0.422 e. The zero-order valence-corrected chi connectivity index (χ0v) is 15.6. The van der Waals surface area contributed by atoms with Gasteiger partial charge in [0.15, 0.2) is 18.4 Å². The van der Waals surface area contributed by atoms with Gasteiger partial charge in [0.1, 0.15) is 16.4 Å². The molecular weight excluding hydrogens is 454 g/mol. The first-order chi connectivity index (χ1) is 13.3. The lowest BCUT2D eigenvalue weighted by Crippen LogP contribution is -2.22. The van der Waals surface area contributed by atoms with Crippen LogP contribution >= 0.6 is 11.6 Å². The standard InChI is InChI=1S/C15H11ClF6N2O4S/c16-13-10(2-1-5-23-13)24-29(25,26)12-6-9(27-7-14(17,18)19)3-4-11(12)28-8-15(20,21)22/h1-6,24H,7-8H2. The quantitative estimate of drug-likeness (QED) is 0.485. The van der Waals surface area contributed by atoms with Crippen molar-refractivity contribution in [3.8, 4) is 11.5 Å². The molecule has 0 bridgehead atoms. The van der Waals surface area contributed by atoms with Crippen LogP contribution < -0.4 is 14.2 Å². The van der Waals surface area contributed by atoms with Crippen LogP contribution in [0.1, 0.15) is 0 Å². The van der Waals surface area contributed by atoms with E-state index in [1.807, 2.05) is 4.72 Å². The van der Waals surface area contributed by atoms with Crippen LogP contribution in [0.4, 0.5) is 32.0 Å². The van der Waals surface area contributed by atoms with Crippen LogP contribution in [0, 0.1) is 0 Å². The summed E-state index contributed by atoms with van der Waals surface area (Å²) in [5.41, 5.74) is -0.211. The minimum atomic E-state index is -4.79. The van der Waals surface area contributed by atoms with Crippen LogP contribution in [0.15, 0.2) is 41.4 Å². The lowest BCUT2D eigenvalue weighted by molar-refractivity contribution is -0.154. The molecule has 0 aliphatic carbocycles. The maximum absolute atomic E-state index is 12.6. The van der Waals surface area contributed by atoms with E-state index >= 15 is 0 Å². The normalized spacial score (nSPS) is 12.5. The van der Waals surface area contributed by atoms with Gasteiger partial charge in [0.25, 0.3) is 10.0 Å². The fraction of sp³-hybridized carbons (Fsp3) is 0.267. The van der Waals surface area contributed by atoms with E-state index in [4.69, 9.17) is 11.6 Å². The maximum atomic E-state index is 12.6. The fourth-order valence-electron chi connectivity index (χ4n) is 1.89. The number of alkyl halides is 6. The molecule has 1 N–H and O–H groups in total. The van der Waals surface area contributed by atoms with E-state index in [0.717, 1.165) is 12.1 Å². The number of halogens is 7. The molecule has 0 amide bonds. The minimum absolute atomic E-state index is 0.211. The summed E-state index contributed by atoms with van der Waals surface area (Å²) in [6.45, 7) is -3.57. The van der Waals surface area contributed by atoms with Gasteiger partial charge in [-0.15, -0.1) is 0 Å². The summed E-state index contributed by atoms with van der Waals surface area (Å²) in [4.78, 5) is 2.74. The Bertz CT molecular complexity index is 966. The number of benzene rings is 1. The van der Waals surface area contributed by atoms with Crippen LogP contribution in [-0.2, 0) is 10.0 Å². The largest absolute Gasteiger partial charge is 0.484 e. The average Bonchev–Trinajstić information content (AvgIpc) is 2.59. The van der Waals surface area contributed by atoms with Gasteiger partial charge in [-0.05, 0) is 24.3 Å². The molecule has 0 saturated heterocycles. The van der Waals surface area contributed by atoms with Gasteiger partial charge in [-0.3, -0.25) is 4.72 Å². The van der Waals surface area contributed by atoms with E-state index in [1.54, 1.807) is 0 Å². The number of hydrogen-bond acceptors (Lipinski definition) is 5. The number of nitrogens with zero attached hydrogens (tertiary/aromatic N) is 1. The van der Waals surface area contributed by atoms with Gasteiger partial charge in [0.05, 0.1) is 5.69 Å². The Morgan fingerprint density at radius 2 is 1.62 bits per heavy atom. The molecule has 0 saturated carbocycles. The molecule has 1 aromatic heterocycles. The third-order valence-corrected chi connectivity index (χ3v) is 4.69. The molecule has 14 heteroatoms. The van der Waals surface area contributed by atoms with Crippen molar-refractivity contribution in [3.05, 3.63) is 41.7 Å². The van der Waals surface area contributed by atoms with Crippen molar-refractivity contribution in [2.45, 2.75) is 17.2 Å². The van der Waals surface area contributed by atoms with Gasteiger partial charge < -0.3 is 9.47 Å². The first kappa shape index (κ1) is 22.9. The summed E-state index contributed by atoms with van der Waals surface area (Å²) in [6.07, 6.45) is -8.25. The Balaban J connectivity index is 2.41. The fourth-order valence-corrected chi connectivity index (χ4v) is 3.34. The highest BCUT2D eigenvalue weighted by molar-refractivity contribution is 7.92. The molecule has 0 radical (unpaired) electrons. The van der Waals surface area contributed by atoms with Crippen molar-refractivity contribution >= 4 is 27.3 Å². The first-order valence-corrected chi connectivity index (χ1v) is 9.29. The summed E-state index contributed by atoms with van der Waals surface area (Å²) in [6, 6.07) is 4.73. The Hall–Kier alpha value is -2.41. The molecule has 1 heterocycles. The van der Waals surface area contributed by atoms with Gasteiger partial charge >= 0.3 is 12.4 Å². The predicted octanol–water partition coefficient (Wildman–Crippen LogP) is 4.42. The SMILES string of the molecule is O=S(=O)(Nc1cccnc1Cl)c1cc(OCC(F)(F)F)ccc1OCC(F)(F)F. The number of pyridine rings is 1. The summed E-state index contributed by atoms with van der Waals surface area (Å²) < 4.78 is 110. The molecule has 0 fully saturated rings. The number of aromatic nitrogens is 1. The number of anilines is 1. The van der Waals surface area contributed by atoms with Crippen LogP contribution in [0.2, 0.25) is 5.15 Å². The summed E-state index contributed by atoms with van der Waals surface area (Å²) in [5.74, 6) is -1.31. The van der Waals surface area contributed by atoms with Crippen LogP contribution in [0.5, 0.6) is 11.5 Å². The topological polar surface area (TPSA) is 77.5 Å². The number of rotatable bonds is 7. The number of nitrogens with one attached hydrogen (secondary N) is 1. The molecule has 2 aromatic rings. The van der Waals surface area contributed by atoms with E-state index in [2.05, 4.69) is 14.5 Å². The molecule has 0 aliphatic heterocycles. The minimum Gasteiger partial charge on any atom is -0.484 e. The Morgan fingerprint density at radius 3 is 2.21 bits per heavy atom. The third-order valence-electron chi connectivity index (χ3n) is 3.00. The van der Waals surface area contributed by atoms with Crippen molar-refractivity contribution < 1.29 is 44.2 Å². The van der Waals surface area contributed by atoms with Gasteiger partial charge in [0, 0.05) is 12.3 Å². The molecule has 0 spiro atoms. The second-order valence-corrected chi connectivity index (χ2v) is 7.37. The molecule has 29 heavy (non-hydrogen) atoms. The number of ether oxygens (including phenoxy) is 2. The summed E-state index contributed by atoms with van der Waals surface area (Å²) in [5, 5.41) is -0.265. The Labute approximate surface area is 165 Å². The smallest absolute Gasteiger partial charge is 0.422 e. The van der Waals surface area contributed by atoms with E-state index in [9.17, 15) is 34.8 Å². The number of hydrogen-bond donors (Lipinski definition) is 1. The molecule has 0 atom stereocenters. The predicted molar refractivity (Wildman–Crippen MR) is 89.6 cm³/mol. The third kappa shape index (κ3) is 7.16. The highest BCUT2D eigenvalue weighted by Crippen LogP contribution is 2.33. The molecule has 160 valence electrons. The van der Waals surface area contributed by atoms with Crippen LogP contribution in [0.25, 0.3) is 0 Å². The van der Waals surface area contributed by atoms with Crippen molar-refractivity contribution in [2.24, 2.45) is 0 Å². The molecule has 1 aromatic carbocycles. The van der Waals surface area contributed by atoms with Gasteiger partial charge in [-0.2, -0.15) is 26.3 Å². The van der Waals surface area contributed by atoms with Gasteiger partial charge in [-0.25, -0.2) is 13.4 Å². The summed E-state index contributed by atoms with van der Waals surface area (Å²) in [7, 11) is -4.64. The highest BCUT2D eigenvalue weighted by Gasteiger charge is 2.31. The van der Waals surface area contributed by atoms with Crippen molar-refractivity contribution in [2.75, 3.05) is 17.9 Å². The van der Waals surface area contributed by atoms with E-state index < -0.39 is 52.0 Å². The molecule has 2 rings (SSSR count). The van der Waals surface area contributed by atoms with Crippen LogP contribution in [-0.4, -0.2) is 39.0 Å². The summed E-state index contributed by atoms with van der Waals surface area (Å²) >= 11 is 5.74. The molecule has 0 unspecified atom stereocenters. The second-order valence-electron chi connectivity index (χ2n) is 5.36. The van der Waals surface area contributed by atoms with Gasteiger partial charge in [0.2, 0.25) is 0 Å². The van der Waals surface area contributed by atoms with E-state index in [1.165, 1.54) is 18.3 Å². The lowest BCUT2D eigenvalue weighted by atomic mass is 10.3. The van der Waals surface area contributed by atoms with Crippen molar-refractivity contribution in [1.82, 2.24) is 4.98 Å². The monoisotopic (exact) mass is 464 g/mol. The molecule has 6 nitrogen and oxygen atoms in total. The van der Waals surface area contributed by atoms with Gasteiger partial charge in [-0.1, -0.05) is 11.6 Å². The Morgan fingerprint density at radius 1 is 1.00 bits per heavy atom. The molecule has 0 aliphatic rings. The average molecular weight is 465 g/mol. The Kier molecular flexibility index (Phi) is 6.73. The van der Waals surface area contributed by atoms with E-state index in [0.29, 0.717) is 6.07 Å². The zero-order chi connectivity index (χ0) is 21.9. The number of sulfonamides is 1. The van der Waals surface area contributed by atoms with Crippen molar-refractivity contribution in [3.63, 3.8) is 0 Å². The van der Waals surface area contributed by atoms with Crippen molar-refractivity contribution in [1.29, 1.82) is 0 Å². The van der Waals surface area contributed by atoms with Crippen LogP contribution in [0.3, 0.4) is 0 Å². The van der Waals surface area contributed by atoms with E-state index in [-0.39, 0.29) is 10.8 Å². The highest BCUT2D eigenvalue weighted by atomic mass is 35.5. The first-order valence-electron chi connectivity index (χ1n) is 7.43. The second kappa shape index (κ2) is 8.53.